The van der Waals surface area contributed by atoms with E-state index in [0.29, 0.717) is 40.2 Å². The molecule has 1 aromatic carbocycles. The van der Waals surface area contributed by atoms with Gasteiger partial charge in [0.15, 0.2) is 5.82 Å². The molecule has 1 aliphatic carbocycles. The second-order valence-electron chi connectivity index (χ2n) is 6.98. The van der Waals surface area contributed by atoms with Crippen LogP contribution in [-0.4, -0.2) is 48.5 Å². The Bertz CT molecular complexity index is 1050. The number of rotatable bonds is 9. The zero-order chi connectivity index (χ0) is 21.5. The normalized spacial score (nSPS) is 13.4. The Morgan fingerprint density at radius 3 is 2.52 bits per heavy atom. The number of thioether (sulfide) groups is 2. The average Bonchev–Trinajstić information content (AvgIpc) is 2.79. The summed E-state index contributed by atoms with van der Waals surface area (Å²) in [5.41, 5.74) is 2.66. The van der Waals surface area contributed by atoms with Crippen molar-refractivity contribution in [1.82, 2.24) is 19.9 Å². The molecule has 31 heavy (non-hydrogen) atoms. The van der Waals surface area contributed by atoms with Gasteiger partial charge in [-0.2, -0.15) is 5.26 Å². The second kappa shape index (κ2) is 10.6. The molecule has 1 saturated carbocycles. The number of aliphatic hydroxyl groups excluding tert-OH is 1. The van der Waals surface area contributed by atoms with Crippen LogP contribution in [0.3, 0.4) is 0 Å². The van der Waals surface area contributed by atoms with Gasteiger partial charge in [-0.15, -0.1) is 11.8 Å². The molecule has 0 unspecified atom stereocenters. The van der Waals surface area contributed by atoms with Crippen molar-refractivity contribution >= 4 is 29.5 Å². The molecule has 1 fully saturated rings. The lowest BCUT2D eigenvalue weighted by molar-refractivity contribution is 0.311. The molecule has 0 amide bonds. The van der Waals surface area contributed by atoms with Crippen LogP contribution in [0.1, 0.15) is 24.8 Å². The smallest absolute Gasteiger partial charge is 0.222 e. The van der Waals surface area contributed by atoms with Crippen LogP contribution in [0.4, 0.5) is 5.95 Å². The van der Waals surface area contributed by atoms with Gasteiger partial charge >= 0.3 is 0 Å². The highest BCUT2D eigenvalue weighted by Crippen LogP contribution is 2.37. The van der Waals surface area contributed by atoms with E-state index in [1.165, 1.54) is 19.3 Å². The van der Waals surface area contributed by atoms with Crippen molar-refractivity contribution in [3.05, 3.63) is 48.3 Å². The first-order chi connectivity index (χ1) is 15.3. The Balaban J connectivity index is 1.68. The minimum absolute atomic E-state index is 0.00370. The van der Waals surface area contributed by atoms with Crippen molar-refractivity contribution in [2.45, 2.75) is 29.5 Å². The lowest BCUT2D eigenvalue weighted by Crippen LogP contribution is -2.13. The van der Waals surface area contributed by atoms with Gasteiger partial charge in [-0.3, -0.25) is 0 Å². The first kappa shape index (κ1) is 21.6. The average molecular weight is 451 g/mol. The summed E-state index contributed by atoms with van der Waals surface area (Å²) < 4.78 is 0. The number of anilines is 1. The number of nitrogens with zero attached hydrogens (tertiary/aromatic N) is 5. The summed E-state index contributed by atoms with van der Waals surface area (Å²) in [6, 6.07) is 12.0. The highest BCUT2D eigenvalue weighted by Gasteiger charge is 2.20. The van der Waals surface area contributed by atoms with Gasteiger partial charge < -0.3 is 10.4 Å². The first-order valence-corrected chi connectivity index (χ1v) is 12.1. The molecule has 0 radical (unpaired) electrons. The molecule has 2 aromatic heterocycles. The van der Waals surface area contributed by atoms with Crippen LogP contribution >= 0.6 is 23.5 Å². The van der Waals surface area contributed by atoms with Gasteiger partial charge in [0.25, 0.3) is 0 Å². The summed E-state index contributed by atoms with van der Waals surface area (Å²) in [6.07, 6.45) is 7.16. The van der Waals surface area contributed by atoms with Crippen molar-refractivity contribution in [2.24, 2.45) is 0 Å². The third kappa shape index (κ3) is 5.34. The Kier molecular flexibility index (Phi) is 7.35. The Morgan fingerprint density at radius 2 is 1.87 bits per heavy atom. The fourth-order valence-corrected chi connectivity index (χ4v) is 5.60. The zero-order valence-corrected chi connectivity index (χ0v) is 18.5. The Hall–Kier alpha value is -2.67. The predicted molar refractivity (Wildman–Crippen MR) is 125 cm³/mol. The molecule has 0 saturated heterocycles. The Morgan fingerprint density at radius 1 is 1.10 bits per heavy atom. The van der Waals surface area contributed by atoms with Crippen LogP contribution in [-0.2, 0) is 0 Å². The minimum Gasteiger partial charge on any atom is -0.395 e. The van der Waals surface area contributed by atoms with Crippen LogP contribution in [0.5, 0.6) is 0 Å². The molecule has 0 spiro atoms. The fourth-order valence-electron chi connectivity index (χ4n) is 3.01. The SMILES string of the molecule is N#Cc1c(SCSC2CCC2)nc(-c2cnc(NCCO)nc2)nc1-c1ccccc1. The van der Waals surface area contributed by atoms with Crippen molar-refractivity contribution < 1.29 is 5.11 Å². The largest absolute Gasteiger partial charge is 0.395 e. The van der Waals surface area contributed by atoms with E-state index in [2.05, 4.69) is 21.4 Å². The summed E-state index contributed by atoms with van der Waals surface area (Å²) in [6.45, 7) is 0.383. The molecule has 0 bridgehead atoms. The summed E-state index contributed by atoms with van der Waals surface area (Å²) in [4.78, 5) is 18.0. The molecule has 4 rings (SSSR count). The number of aliphatic hydroxyl groups is 1. The molecule has 0 aliphatic heterocycles. The van der Waals surface area contributed by atoms with Crippen LogP contribution in [0.2, 0.25) is 0 Å². The second-order valence-corrected chi connectivity index (χ2v) is 9.60. The van der Waals surface area contributed by atoms with Crippen molar-refractivity contribution in [3.63, 3.8) is 0 Å². The number of hydrogen-bond acceptors (Lipinski definition) is 9. The molecule has 0 atom stereocenters. The summed E-state index contributed by atoms with van der Waals surface area (Å²) in [7, 11) is 0. The third-order valence-corrected chi connectivity index (χ3v) is 7.42. The maximum absolute atomic E-state index is 9.90. The van der Waals surface area contributed by atoms with Gasteiger partial charge in [0.05, 0.1) is 17.9 Å². The van der Waals surface area contributed by atoms with Gasteiger partial charge in [-0.25, -0.2) is 19.9 Å². The zero-order valence-electron chi connectivity index (χ0n) is 16.9. The van der Waals surface area contributed by atoms with Gasteiger partial charge in [-0.1, -0.05) is 48.5 Å². The molecule has 7 nitrogen and oxygen atoms in total. The van der Waals surface area contributed by atoms with Gasteiger partial charge in [0, 0.05) is 34.8 Å². The Labute approximate surface area is 189 Å². The van der Waals surface area contributed by atoms with E-state index in [4.69, 9.17) is 15.1 Å². The fraction of sp³-hybridized carbons (Fsp3) is 0.318. The van der Waals surface area contributed by atoms with E-state index >= 15 is 0 Å². The van der Waals surface area contributed by atoms with Crippen LogP contribution in [0, 0.1) is 11.3 Å². The monoisotopic (exact) mass is 450 g/mol. The number of aromatic nitrogens is 4. The standard InChI is InChI=1S/C22H22N6OS2/c23-11-18-19(15-5-2-1-3-6-15)27-20(16-12-25-22(26-13-16)24-9-10-29)28-21(18)31-14-30-17-7-4-8-17/h1-3,5-6,12-13,17,29H,4,7-10,14H2,(H,24,25,26). The van der Waals surface area contributed by atoms with Gasteiger partial charge in [-0.05, 0) is 12.8 Å². The van der Waals surface area contributed by atoms with Gasteiger partial charge in [0.1, 0.15) is 16.7 Å². The lowest BCUT2D eigenvalue weighted by Gasteiger charge is -2.24. The molecule has 9 heteroatoms. The predicted octanol–water partition coefficient (Wildman–Crippen LogP) is 4.21. The van der Waals surface area contributed by atoms with Crippen LogP contribution in [0.15, 0.2) is 47.8 Å². The van der Waals surface area contributed by atoms with E-state index in [-0.39, 0.29) is 6.61 Å². The van der Waals surface area contributed by atoms with E-state index in [1.54, 1.807) is 24.2 Å². The maximum atomic E-state index is 9.90. The number of hydrogen-bond donors (Lipinski definition) is 2. The molecule has 2 heterocycles. The van der Waals surface area contributed by atoms with Crippen molar-refractivity contribution in [2.75, 3.05) is 23.6 Å². The minimum atomic E-state index is 0.00370. The number of benzene rings is 1. The van der Waals surface area contributed by atoms with E-state index < -0.39 is 0 Å². The molecular weight excluding hydrogens is 428 g/mol. The topological polar surface area (TPSA) is 108 Å². The van der Waals surface area contributed by atoms with Gasteiger partial charge in [0.2, 0.25) is 5.95 Å². The third-order valence-electron chi connectivity index (χ3n) is 4.89. The lowest BCUT2D eigenvalue weighted by atomic mass is 10.0. The molecule has 3 aromatic rings. The highest BCUT2D eigenvalue weighted by atomic mass is 32.2. The highest BCUT2D eigenvalue weighted by molar-refractivity contribution is 8.16. The van der Waals surface area contributed by atoms with E-state index in [1.807, 2.05) is 42.1 Å². The van der Waals surface area contributed by atoms with Crippen LogP contribution in [0.25, 0.3) is 22.6 Å². The molecular formula is C22H22N6OS2. The molecule has 158 valence electrons. The number of nitrogens with one attached hydrogen (secondary N) is 1. The summed E-state index contributed by atoms with van der Waals surface area (Å²) in [5.74, 6) is 0.920. The summed E-state index contributed by atoms with van der Waals surface area (Å²) in [5, 5.41) is 24.0. The van der Waals surface area contributed by atoms with Crippen LogP contribution < -0.4 is 5.32 Å². The van der Waals surface area contributed by atoms with Crippen molar-refractivity contribution in [1.29, 1.82) is 5.26 Å². The first-order valence-electron chi connectivity index (χ1n) is 10.1. The molecule has 1 aliphatic rings. The quantitative estimate of drug-likeness (QED) is 0.281. The van der Waals surface area contributed by atoms with Crippen molar-refractivity contribution in [3.8, 4) is 28.7 Å². The number of nitriles is 1. The maximum Gasteiger partial charge on any atom is 0.222 e. The molecule has 2 N–H and O–H groups in total. The van der Waals surface area contributed by atoms with E-state index in [0.717, 1.165) is 15.9 Å². The van der Waals surface area contributed by atoms with E-state index in [9.17, 15) is 5.26 Å². The summed E-state index contributed by atoms with van der Waals surface area (Å²) >= 11 is 3.52.